The Morgan fingerprint density at radius 3 is 2.80 bits per heavy atom. The molecule has 0 bridgehead atoms. The monoisotopic (exact) mass is 292 g/mol. The van der Waals surface area contributed by atoms with Crippen LogP contribution in [-0.2, 0) is 5.75 Å². The van der Waals surface area contributed by atoms with E-state index in [1.165, 1.54) is 37.1 Å². The first kappa shape index (κ1) is 13.5. The third-order valence-corrected chi connectivity index (χ3v) is 4.68. The molecule has 4 nitrogen and oxygen atoms in total. The molecule has 3 rings (SSSR count). The summed E-state index contributed by atoms with van der Waals surface area (Å²) in [7, 11) is 0. The average Bonchev–Trinajstić information content (AvgIpc) is 2.96. The van der Waals surface area contributed by atoms with E-state index in [4.69, 9.17) is 0 Å². The van der Waals surface area contributed by atoms with Gasteiger partial charge in [-0.3, -0.25) is 0 Å². The van der Waals surface area contributed by atoms with Crippen LogP contribution in [0.3, 0.4) is 0 Å². The fourth-order valence-electron chi connectivity index (χ4n) is 2.59. The van der Waals surface area contributed by atoms with Gasteiger partial charge in [-0.15, -0.1) is 5.10 Å². The van der Waals surface area contributed by atoms with Crippen molar-refractivity contribution in [1.82, 2.24) is 20.2 Å². The summed E-state index contributed by atoms with van der Waals surface area (Å²) >= 11 is 1.50. The number of rotatable bonds is 4. The van der Waals surface area contributed by atoms with Gasteiger partial charge >= 0.3 is 0 Å². The van der Waals surface area contributed by atoms with E-state index >= 15 is 0 Å². The van der Waals surface area contributed by atoms with Gasteiger partial charge in [-0.2, -0.15) is 0 Å². The van der Waals surface area contributed by atoms with Crippen LogP contribution in [0.1, 0.15) is 43.7 Å². The zero-order chi connectivity index (χ0) is 13.8. The minimum Gasteiger partial charge on any atom is -0.217 e. The molecule has 2 aromatic rings. The van der Waals surface area contributed by atoms with Crippen LogP contribution in [0.25, 0.3) is 0 Å². The molecule has 106 valence electrons. The third kappa shape index (κ3) is 3.00. The number of nitrogens with zero attached hydrogens (tertiary/aromatic N) is 4. The number of halogens is 1. The molecule has 1 aromatic carbocycles. The SMILES string of the molecule is Fc1ccccc1CSc1nnnn1C1CCCCC1. The van der Waals surface area contributed by atoms with Gasteiger partial charge in [0.25, 0.3) is 0 Å². The summed E-state index contributed by atoms with van der Waals surface area (Å²) in [4.78, 5) is 0. The van der Waals surface area contributed by atoms with Crippen LogP contribution in [0.2, 0.25) is 0 Å². The van der Waals surface area contributed by atoms with Crippen molar-refractivity contribution in [2.24, 2.45) is 0 Å². The Hall–Kier alpha value is -1.43. The standard InChI is InChI=1S/C14H17FN4S/c15-13-9-5-4-6-11(13)10-20-14-16-17-18-19(14)12-7-2-1-3-8-12/h4-6,9,12H,1-3,7-8,10H2. The van der Waals surface area contributed by atoms with Gasteiger partial charge in [0, 0.05) is 5.75 Å². The highest BCUT2D eigenvalue weighted by molar-refractivity contribution is 7.98. The summed E-state index contributed by atoms with van der Waals surface area (Å²) in [5.74, 6) is 0.386. The van der Waals surface area contributed by atoms with E-state index in [-0.39, 0.29) is 5.82 Å². The molecule has 1 fully saturated rings. The van der Waals surface area contributed by atoms with E-state index in [0.29, 0.717) is 17.4 Å². The molecule has 1 heterocycles. The first-order valence-corrected chi connectivity index (χ1v) is 7.97. The first-order valence-electron chi connectivity index (χ1n) is 6.98. The first-order chi connectivity index (χ1) is 9.84. The highest BCUT2D eigenvalue weighted by Crippen LogP contribution is 2.31. The second-order valence-corrected chi connectivity index (χ2v) is 6.02. The normalized spacial score (nSPS) is 16.4. The number of tetrazole rings is 1. The topological polar surface area (TPSA) is 43.6 Å². The van der Waals surface area contributed by atoms with E-state index in [0.717, 1.165) is 18.0 Å². The molecule has 0 saturated heterocycles. The highest BCUT2D eigenvalue weighted by Gasteiger charge is 2.20. The fourth-order valence-corrected chi connectivity index (χ4v) is 3.52. The third-order valence-electron chi connectivity index (χ3n) is 3.70. The van der Waals surface area contributed by atoms with Gasteiger partial charge in [0.15, 0.2) is 0 Å². The molecule has 1 saturated carbocycles. The van der Waals surface area contributed by atoms with Crippen molar-refractivity contribution in [3.63, 3.8) is 0 Å². The van der Waals surface area contributed by atoms with Gasteiger partial charge in [-0.05, 0) is 34.9 Å². The molecule has 0 radical (unpaired) electrons. The molecule has 1 aliphatic rings. The predicted molar refractivity (Wildman–Crippen MR) is 75.9 cm³/mol. The lowest BCUT2D eigenvalue weighted by molar-refractivity contribution is 0.307. The molecule has 0 atom stereocenters. The van der Waals surface area contributed by atoms with Crippen molar-refractivity contribution in [3.8, 4) is 0 Å². The highest BCUT2D eigenvalue weighted by atomic mass is 32.2. The lowest BCUT2D eigenvalue weighted by Crippen LogP contribution is -2.15. The molecule has 6 heteroatoms. The number of hydrogen-bond acceptors (Lipinski definition) is 4. The van der Waals surface area contributed by atoms with E-state index in [2.05, 4.69) is 15.5 Å². The van der Waals surface area contributed by atoms with Crippen LogP contribution in [-0.4, -0.2) is 20.2 Å². The molecule has 20 heavy (non-hydrogen) atoms. The summed E-state index contributed by atoms with van der Waals surface area (Å²) in [6.07, 6.45) is 6.05. The van der Waals surface area contributed by atoms with Crippen LogP contribution >= 0.6 is 11.8 Å². The largest absolute Gasteiger partial charge is 0.217 e. The number of benzene rings is 1. The second-order valence-electron chi connectivity index (χ2n) is 5.08. The van der Waals surface area contributed by atoms with Crippen molar-refractivity contribution in [3.05, 3.63) is 35.6 Å². The van der Waals surface area contributed by atoms with Crippen molar-refractivity contribution >= 4 is 11.8 Å². The Balaban J connectivity index is 1.69. The lowest BCUT2D eigenvalue weighted by atomic mass is 9.96. The summed E-state index contributed by atoms with van der Waals surface area (Å²) in [6, 6.07) is 7.25. The van der Waals surface area contributed by atoms with Crippen LogP contribution in [0.4, 0.5) is 4.39 Å². The van der Waals surface area contributed by atoms with Crippen molar-refractivity contribution < 1.29 is 4.39 Å². The maximum Gasteiger partial charge on any atom is 0.209 e. The predicted octanol–water partition coefficient (Wildman–Crippen LogP) is 3.61. The van der Waals surface area contributed by atoms with Crippen molar-refractivity contribution in [2.45, 2.75) is 49.1 Å². The van der Waals surface area contributed by atoms with E-state index in [1.54, 1.807) is 12.1 Å². The molecule has 1 aliphatic carbocycles. The van der Waals surface area contributed by atoms with E-state index < -0.39 is 0 Å². The Morgan fingerprint density at radius 1 is 1.20 bits per heavy atom. The maximum absolute atomic E-state index is 13.6. The zero-order valence-corrected chi connectivity index (χ0v) is 12.0. The molecular weight excluding hydrogens is 275 g/mol. The van der Waals surface area contributed by atoms with Crippen molar-refractivity contribution in [2.75, 3.05) is 0 Å². The van der Waals surface area contributed by atoms with Crippen LogP contribution in [0, 0.1) is 5.82 Å². The number of aromatic nitrogens is 4. The Morgan fingerprint density at radius 2 is 2.00 bits per heavy atom. The molecule has 0 unspecified atom stereocenters. The van der Waals surface area contributed by atoms with Gasteiger partial charge < -0.3 is 0 Å². The minimum absolute atomic E-state index is 0.170. The zero-order valence-electron chi connectivity index (χ0n) is 11.2. The summed E-state index contributed by atoms with van der Waals surface area (Å²) < 4.78 is 15.5. The molecule has 0 amide bonds. The van der Waals surface area contributed by atoms with Crippen LogP contribution in [0.5, 0.6) is 0 Å². The van der Waals surface area contributed by atoms with E-state index in [1.807, 2.05) is 10.7 Å². The quantitative estimate of drug-likeness (QED) is 0.807. The smallest absolute Gasteiger partial charge is 0.209 e. The summed E-state index contributed by atoms with van der Waals surface area (Å²) in [6.45, 7) is 0. The molecule has 0 aliphatic heterocycles. The van der Waals surface area contributed by atoms with Gasteiger partial charge in [0.05, 0.1) is 6.04 Å². The molecular formula is C14H17FN4S. The average molecular weight is 292 g/mol. The minimum atomic E-state index is -0.170. The van der Waals surface area contributed by atoms with Gasteiger partial charge in [-0.25, -0.2) is 9.07 Å². The number of hydrogen-bond donors (Lipinski definition) is 0. The Labute approximate surface area is 121 Å². The van der Waals surface area contributed by atoms with Gasteiger partial charge in [0.1, 0.15) is 5.82 Å². The van der Waals surface area contributed by atoms with Crippen molar-refractivity contribution in [1.29, 1.82) is 0 Å². The molecule has 0 N–H and O–H groups in total. The van der Waals surface area contributed by atoms with Crippen LogP contribution < -0.4 is 0 Å². The maximum atomic E-state index is 13.6. The van der Waals surface area contributed by atoms with Crippen LogP contribution in [0.15, 0.2) is 29.4 Å². The van der Waals surface area contributed by atoms with Gasteiger partial charge in [0.2, 0.25) is 5.16 Å². The fraction of sp³-hybridized carbons (Fsp3) is 0.500. The summed E-state index contributed by atoms with van der Waals surface area (Å²) in [5.41, 5.74) is 0.690. The molecule has 1 aromatic heterocycles. The van der Waals surface area contributed by atoms with Gasteiger partial charge in [-0.1, -0.05) is 49.2 Å². The van der Waals surface area contributed by atoms with E-state index in [9.17, 15) is 4.39 Å². The summed E-state index contributed by atoms with van der Waals surface area (Å²) in [5, 5.41) is 12.8. The Bertz CT molecular complexity index is 566. The molecule has 0 spiro atoms. The number of thioether (sulfide) groups is 1. The lowest BCUT2D eigenvalue weighted by Gasteiger charge is -2.21. The Kier molecular flexibility index (Phi) is 4.30. The second kappa shape index (κ2) is 6.35.